The Morgan fingerprint density at radius 1 is 1.05 bits per heavy atom. The highest BCUT2D eigenvalue weighted by Gasteiger charge is 1.99. The SMILES string of the molecule is CCN(CC)CCSCCNc1ccc2ccccc2n1.Cl. The van der Waals surface area contributed by atoms with Crippen LogP contribution in [0, 0.1) is 0 Å². The summed E-state index contributed by atoms with van der Waals surface area (Å²) in [5.41, 5.74) is 1.05. The molecule has 2 aromatic rings. The zero-order valence-electron chi connectivity index (χ0n) is 13.4. The number of pyridine rings is 1. The highest BCUT2D eigenvalue weighted by molar-refractivity contribution is 7.99. The van der Waals surface area contributed by atoms with Crippen molar-refractivity contribution in [3.63, 3.8) is 0 Å². The van der Waals surface area contributed by atoms with E-state index in [9.17, 15) is 0 Å². The van der Waals surface area contributed by atoms with Crippen molar-refractivity contribution in [1.29, 1.82) is 0 Å². The number of nitrogens with zero attached hydrogens (tertiary/aromatic N) is 2. The van der Waals surface area contributed by atoms with Crippen molar-refractivity contribution < 1.29 is 0 Å². The topological polar surface area (TPSA) is 28.2 Å². The average molecular weight is 340 g/mol. The lowest BCUT2D eigenvalue weighted by atomic mass is 10.2. The Kier molecular flexibility index (Phi) is 9.28. The second-order valence-electron chi connectivity index (χ2n) is 4.96. The van der Waals surface area contributed by atoms with Gasteiger partial charge in [0, 0.05) is 30.0 Å². The molecule has 1 aromatic heterocycles. The summed E-state index contributed by atoms with van der Waals surface area (Å²) in [5.74, 6) is 3.29. The first-order valence-electron chi connectivity index (χ1n) is 7.73. The predicted molar refractivity (Wildman–Crippen MR) is 103 cm³/mol. The van der Waals surface area contributed by atoms with E-state index in [1.807, 2.05) is 23.9 Å². The Morgan fingerprint density at radius 3 is 2.59 bits per heavy atom. The summed E-state index contributed by atoms with van der Waals surface area (Å²) in [4.78, 5) is 7.08. The Balaban J connectivity index is 0.00000242. The third-order valence-electron chi connectivity index (χ3n) is 3.60. The van der Waals surface area contributed by atoms with Crippen LogP contribution in [0.25, 0.3) is 10.9 Å². The average Bonchev–Trinajstić information content (AvgIpc) is 2.54. The van der Waals surface area contributed by atoms with Gasteiger partial charge in [0.2, 0.25) is 0 Å². The highest BCUT2D eigenvalue weighted by Crippen LogP contribution is 2.14. The molecule has 122 valence electrons. The lowest BCUT2D eigenvalue weighted by Crippen LogP contribution is -2.25. The summed E-state index contributed by atoms with van der Waals surface area (Å²) in [6, 6.07) is 12.4. The summed E-state index contributed by atoms with van der Waals surface area (Å²) < 4.78 is 0. The fraction of sp³-hybridized carbons (Fsp3) is 0.471. The van der Waals surface area contributed by atoms with Crippen molar-refractivity contribution in [3.8, 4) is 0 Å². The molecule has 0 aliphatic rings. The minimum Gasteiger partial charge on any atom is -0.369 e. The van der Waals surface area contributed by atoms with Gasteiger partial charge in [0.05, 0.1) is 5.52 Å². The van der Waals surface area contributed by atoms with Crippen molar-refractivity contribution in [2.24, 2.45) is 0 Å². The van der Waals surface area contributed by atoms with Gasteiger partial charge in [0.15, 0.2) is 0 Å². The smallest absolute Gasteiger partial charge is 0.126 e. The number of nitrogens with one attached hydrogen (secondary N) is 1. The zero-order valence-corrected chi connectivity index (χ0v) is 15.1. The number of hydrogen-bond donors (Lipinski definition) is 1. The summed E-state index contributed by atoms with van der Waals surface area (Å²) in [6.45, 7) is 8.90. The Bertz CT molecular complexity index is 546. The molecule has 1 N–H and O–H groups in total. The maximum absolute atomic E-state index is 4.62. The molecule has 2 rings (SSSR count). The second-order valence-corrected chi connectivity index (χ2v) is 6.18. The maximum atomic E-state index is 4.62. The molecule has 0 aliphatic heterocycles. The molecule has 0 saturated carbocycles. The van der Waals surface area contributed by atoms with E-state index >= 15 is 0 Å². The van der Waals surface area contributed by atoms with Crippen LogP contribution < -0.4 is 5.32 Å². The fourth-order valence-corrected chi connectivity index (χ4v) is 3.09. The van der Waals surface area contributed by atoms with Crippen molar-refractivity contribution >= 4 is 40.9 Å². The third-order valence-corrected chi connectivity index (χ3v) is 4.56. The minimum atomic E-state index is 0. The molecule has 5 heteroatoms. The molecular weight excluding hydrogens is 314 g/mol. The van der Waals surface area contributed by atoms with Gasteiger partial charge in [-0.2, -0.15) is 11.8 Å². The van der Waals surface area contributed by atoms with Crippen LogP contribution in [0.4, 0.5) is 5.82 Å². The summed E-state index contributed by atoms with van der Waals surface area (Å²) >= 11 is 2.00. The monoisotopic (exact) mass is 339 g/mol. The molecule has 0 unspecified atom stereocenters. The van der Waals surface area contributed by atoms with Crippen LogP contribution in [0.2, 0.25) is 0 Å². The lowest BCUT2D eigenvalue weighted by Gasteiger charge is -2.17. The van der Waals surface area contributed by atoms with Crippen molar-refractivity contribution in [2.45, 2.75) is 13.8 Å². The molecule has 0 aliphatic carbocycles. The van der Waals surface area contributed by atoms with Crippen LogP contribution in [-0.2, 0) is 0 Å². The van der Waals surface area contributed by atoms with Crippen LogP contribution >= 0.6 is 24.2 Å². The van der Waals surface area contributed by atoms with Gasteiger partial charge in [-0.3, -0.25) is 0 Å². The Labute approximate surface area is 144 Å². The molecule has 0 atom stereocenters. The van der Waals surface area contributed by atoms with Gasteiger partial charge < -0.3 is 10.2 Å². The number of benzene rings is 1. The molecule has 0 spiro atoms. The normalized spacial score (nSPS) is 10.7. The highest BCUT2D eigenvalue weighted by atomic mass is 35.5. The number of rotatable bonds is 9. The summed E-state index contributed by atoms with van der Waals surface area (Å²) in [6.07, 6.45) is 0. The van der Waals surface area contributed by atoms with Crippen molar-refractivity contribution in [2.75, 3.05) is 43.0 Å². The van der Waals surface area contributed by atoms with E-state index < -0.39 is 0 Å². The molecular formula is C17H26ClN3S. The summed E-state index contributed by atoms with van der Waals surface area (Å²) in [5, 5.41) is 4.60. The van der Waals surface area contributed by atoms with Crippen LogP contribution in [-0.4, -0.2) is 47.6 Å². The predicted octanol–water partition coefficient (Wildman–Crippen LogP) is 4.14. The van der Waals surface area contributed by atoms with Gasteiger partial charge in [0.1, 0.15) is 5.82 Å². The number of para-hydroxylation sites is 1. The van der Waals surface area contributed by atoms with E-state index in [0.717, 1.165) is 36.7 Å². The Hall–Kier alpha value is -0.970. The molecule has 1 heterocycles. The molecule has 0 radical (unpaired) electrons. The number of fused-ring (bicyclic) bond motifs is 1. The molecule has 0 saturated heterocycles. The van der Waals surface area contributed by atoms with E-state index in [1.165, 1.54) is 17.7 Å². The maximum Gasteiger partial charge on any atom is 0.126 e. The van der Waals surface area contributed by atoms with Crippen LogP contribution in [0.3, 0.4) is 0 Å². The quantitative estimate of drug-likeness (QED) is 0.695. The molecule has 3 nitrogen and oxygen atoms in total. The fourth-order valence-electron chi connectivity index (χ4n) is 2.25. The number of hydrogen-bond acceptors (Lipinski definition) is 4. The zero-order chi connectivity index (χ0) is 14.9. The van der Waals surface area contributed by atoms with E-state index in [0.29, 0.717) is 0 Å². The standard InChI is InChI=1S/C17H25N3S.ClH/c1-3-20(4-2)12-14-21-13-11-18-17-10-9-15-7-5-6-8-16(15)19-17;/h5-10H,3-4,11-14H2,1-2H3,(H,18,19);1H. The van der Waals surface area contributed by atoms with E-state index in [2.05, 4.69) is 53.3 Å². The number of thioether (sulfide) groups is 1. The molecule has 22 heavy (non-hydrogen) atoms. The van der Waals surface area contributed by atoms with Gasteiger partial charge in [-0.05, 0) is 31.3 Å². The van der Waals surface area contributed by atoms with Crippen LogP contribution in [0.1, 0.15) is 13.8 Å². The molecule has 0 bridgehead atoms. The molecule has 0 fully saturated rings. The first kappa shape index (κ1) is 19.1. The molecule has 1 aromatic carbocycles. The number of halogens is 1. The van der Waals surface area contributed by atoms with Crippen LogP contribution in [0.5, 0.6) is 0 Å². The van der Waals surface area contributed by atoms with Gasteiger partial charge in [0.25, 0.3) is 0 Å². The van der Waals surface area contributed by atoms with Crippen molar-refractivity contribution in [3.05, 3.63) is 36.4 Å². The van der Waals surface area contributed by atoms with E-state index in [-0.39, 0.29) is 12.4 Å². The van der Waals surface area contributed by atoms with Crippen molar-refractivity contribution in [1.82, 2.24) is 9.88 Å². The number of anilines is 1. The van der Waals surface area contributed by atoms with Crippen LogP contribution in [0.15, 0.2) is 36.4 Å². The van der Waals surface area contributed by atoms with Gasteiger partial charge in [-0.1, -0.05) is 32.0 Å². The lowest BCUT2D eigenvalue weighted by molar-refractivity contribution is 0.324. The van der Waals surface area contributed by atoms with E-state index in [4.69, 9.17) is 0 Å². The van der Waals surface area contributed by atoms with Gasteiger partial charge in [-0.25, -0.2) is 4.98 Å². The largest absolute Gasteiger partial charge is 0.369 e. The number of aromatic nitrogens is 1. The van der Waals surface area contributed by atoms with Gasteiger partial charge >= 0.3 is 0 Å². The molecule has 0 amide bonds. The first-order valence-corrected chi connectivity index (χ1v) is 8.88. The summed E-state index contributed by atoms with van der Waals surface area (Å²) in [7, 11) is 0. The minimum absolute atomic E-state index is 0. The van der Waals surface area contributed by atoms with E-state index in [1.54, 1.807) is 0 Å². The first-order chi connectivity index (χ1) is 10.3. The second kappa shape index (κ2) is 10.7. The van der Waals surface area contributed by atoms with Gasteiger partial charge in [-0.15, -0.1) is 12.4 Å². The third kappa shape index (κ3) is 6.03. The Morgan fingerprint density at radius 2 is 1.82 bits per heavy atom.